The molecule has 0 spiro atoms. The zero-order valence-electron chi connectivity index (χ0n) is 16.4. The molecule has 2 saturated heterocycles. The van der Waals surface area contributed by atoms with E-state index in [4.69, 9.17) is 0 Å². The Bertz CT molecular complexity index is 608. The highest BCUT2D eigenvalue weighted by atomic mass is 16.3. The first-order valence-corrected chi connectivity index (χ1v) is 9.89. The molecule has 1 unspecified atom stereocenters. The minimum absolute atomic E-state index is 0.101. The van der Waals surface area contributed by atoms with Crippen molar-refractivity contribution in [2.45, 2.75) is 44.8 Å². The van der Waals surface area contributed by atoms with E-state index >= 15 is 0 Å². The Kier molecular flexibility index (Phi) is 6.00. The molecule has 1 atom stereocenters. The number of piperazine rings is 1. The normalized spacial score (nSPS) is 25.9. The third kappa shape index (κ3) is 4.45. The van der Waals surface area contributed by atoms with Crippen LogP contribution in [0.2, 0.25) is 0 Å². The molecular formula is C21H33N3O2. The molecule has 3 rings (SSSR count). The van der Waals surface area contributed by atoms with Crippen LogP contribution in [-0.2, 0) is 11.3 Å². The second-order valence-corrected chi connectivity index (χ2v) is 8.34. The van der Waals surface area contributed by atoms with Gasteiger partial charge in [-0.05, 0) is 36.9 Å². The number of piperidine rings is 1. The summed E-state index contributed by atoms with van der Waals surface area (Å²) in [7, 11) is 2.12. The molecule has 2 heterocycles. The molecule has 0 saturated carbocycles. The van der Waals surface area contributed by atoms with Crippen LogP contribution in [0.1, 0.15) is 43.7 Å². The first-order chi connectivity index (χ1) is 12.4. The molecule has 1 amide bonds. The summed E-state index contributed by atoms with van der Waals surface area (Å²) in [6.45, 7) is 9.97. The van der Waals surface area contributed by atoms with Gasteiger partial charge in [0.25, 0.3) is 5.91 Å². The summed E-state index contributed by atoms with van der Waals surface area (Å²) in [6, 6.07) is 8.50. The van der Waals surface area contributed by atoms with Gasteiger partial charge in [0.2, 0.25) is 0 Å². The summed E-state index contributed by atoms with van der Waals surface area (Å²) in [5, 5.41) is 11.1. The van der Waals surface area contributed by atoms with Gasteiger partial charge in [-0.1, -0.05) is 38.1 Å². The van der Waals surface area contributed by atoms with Gasteiger partial charge in [0.15, 0.2) is 5.60 Å². The molecule has 5 nitrogen and oxygen atoms in total. The van der Waals surface area contributed by atoms with E-state index in [1.807, 2.05) is 4.90 Å². The van der Waals surface area contributed by atoms with Gasteiger partial charge in [0.1, 0.15) is 0 Å². The Morgan fingerprint density at radius 2 is 1.73 bits per heavy atom. The highest BCUT2D eigenvalue weighted by Gasteiger charge is 2.43. The topological polar surface area (TPSA) is 47.0 Å². The van der Waals surface area contributed by atoms with E-state index in [1.165, 1.54) is 5.56 Å². The number of β-amino-alcohol motifs (C(OH)–C–C–N with tert-alkyl or cyclic N) is 1. The minimum Gasteiger partial charge on any atom is -0.379 e. The Morgan fingerprint density at radius 1 is 1.08 bits per heavy atom. The maximum Gasteiger partial charge on any atom is 0.256 e. The number of hydrogen-bond donors (Lipinski definition) is 1. The maximum absolute atomic E-state index is 13.0. The first-order valence-electron chi connectivity index (χ1n) is 9.89. The van der Waals surface area contributed by atoms with Gasteiger partial charge in [-0.3, -0.25) is 9.69 Å². The van der Waals surface area contributed by atoms with Crippen molar-refractivity contribution >= 4 is 5.91 Å². The lowest BCUT2D eigenvalue weighted by atomic mass is 9.90. The molecule has 2 aliphatic rings. The zero-order chi connectivity index (χ0) is 18.7. The molecule has 144 valence electrons. The molecule has 0 bridgehead atoms. The number of rotatable bonds is 5. The second-order valence-electron chi connectivity index (χ2n) is 8.34. The largest absolute Gasteiger partial charge is 0.379 e. The number of nitrogens with zero attached hydrogens (tertiary/aromatic N) is 3. The Hall–Kier alpha value is -1.43. The van der Waals surface area contributed by atoms with Crippen LogP contribution in [0.3, 0.4) is 0 Å². The quantitative estimate of drug-likeness (QED) is 0.872. The Labute approximate surface area is 157 Å². The zero-order valence-corrected chi connectivity index (χ0v) is 16.4. The Morgan fingerprint density at radius 3 is 2.35 bits per heavy atom. The molecular weight excluding hydrogens is 326 g/mol. The monoisotopic (exact) mass is 359 g/mol. The summed E-state index contributed by atoms with van der Waals surface area (Å²) in [5.41, 5.74) is 1.21. The van der Waals surface area contributed by atoms with Crippen LogP contribution in [0.25, 0.3) is 0 Å². The van der Waals surface area contributed by atoms with Crippen molar-refractivity contribution in [1.29, 1.82) is 0 Å². The predicted molar refractivity (Wildman–Crippen MR) is 104 cm³/mol. The number of likely N-dealkylation sites (tertiary alicyclic amines) is 1. The predicted octanol–water partition coefficient (Wildman–Crippen LogP) is 1.91. The highest BCUT2D eigenvalue weighted by molar-refractivity contribution is 5.86. The summed E-state index contributed by atoms with van der Waals surface area (Å²) in [6.07, 6.45) is 1.43. The van der Waals surface area contributed by atoms with Crippen molar-refractivity contribution in [3.05, 3.63) is 35.4 Å². The number of benzene rings is 1. The molecule has 26 heavy (non-hydrogen) atoms. The number of carbonyl (C=O) groups is 1. The second kappa shape index (κ2) is 8.07. The summed E-state index contributed by atoms with van der Waals surface area (Å²) < 4.78 is 0. The lowest BCUT2D eigenvalue weighted by molar-refractivity contribution is -0.160. The fourth-order valence-corrected chi connectivity index (χ4v) is 3.97. The van der Waals surface area contributed by atoms with Crippen LogP contribution < -0.4 is 0 Å². The molecule has 0 radical (unpaired) electrons. The van der Waals surface area contributed by atoms with Crippen molar-refractivity contribution in [3.63, 3.8) is 0 Å². The maximum atomic E-state index is 13.0. The standard InChI is InChI=1S/C21H33N3O2/c1-17(2)19-7-5-18(6-8-19)15-24-10-4-9-21(26,20(24)25)16-23-13-11-22(3)12-14-23/h5-8,17,26H,4,9-16H2,1-3H3. The molecule has 5 heteroatoms. The molecule has 0 aromatic heterocycles. The van der Waals surface area contributed by atoms with Crippen LogP contribution >= 0.6 is 0 Å². The van der Waals surface area contributed by atoms with E-state index in [2.05, 4.69) is 55.0 Å². The fraction of sp³-hybridized carbons (Fsp3) is 0.667. The number of hydrogen-bond acceptors (Lipinski definition) is 4. The lowest BCUT2D eigenvalue weighted by Gasteiger charge is -2.42. The van der Waals surface area contributed by atoms with E-state index in [0.717, 1.165) is 44.7 Å². The van der Waals surface area contributed by atoms with Gasteiger partial charge in [-0.15, -0.1) is 0 Å². The SMILES string of the molecule is CC(C)c1ccc(CN2CCCC(O)(CN3CCN(C)CC3)C2=O)cc1. The summed E-state index contributed by atoms with van der Waals surface area (Å²) in [5.74, 6) is 0.407. The van der Waals surface area contributed by atoms with E-state index in [9.17, 15) is 9.90 Å². The number of amides is 1. The number of likely N-dealkylation sites (N-methyl/N-ethyl adjacent to an activating group) is 1. The van der Waals surface area contributed by atoms with E-state index in [0.29, 0.717) is 25.4 Å². The average Bonchev–Trinajstić information content (AvgIpc) is 2.62. The van der Waals surface area contributed by atoms with E-state index in [1.54, 1.807) is 0 Å². The summed E-state index contributed by atoms with van der Waals surface area (Å²) in [4.78, 5) is 19.4. The summed E-state index contributed by atoms with van der Waals surface area (Å²) >= 11 is 0. The molecule has 0 aliphatic carbocycles. The molecule has 2 fully saturated rings. The van der Waals surface area contributed by atoms with Crippen molar-refractivity contribution < 1.29 is 9.90 Å². The van der Waals surface area contributed by atoms with Gasteiger partial charge in [0.05, 0.1) is 0 Å². The van der Waals surface area contributed by atoms with Gasteiger partial charge in [-0.25, -0.2) is 0 Å². The van der Waals surface area contributed by atoms with Crippen LogP contribution in [0.4, 0.5) is 0 Å². The van der Waals surface area contributed by atoms with Crippen LogP contribution in [-0.4, -0.2) is 77.6 Å². The van der Waals surface area contributed by atoms with Gasteiger partial charge < -0.3 is 14.9 Å². The molecule has 1 aromatic rings. The van der Waals surface area contributed by atoms with Gasteiger partial charge in [-0.2, -0.15) is 0 Å². The van der Waals surface area contributed by atoms with Crippen molar-refractivity contribution in [1.82, 2.24) is 14.7 Å². The third-order valence-electron chi connectivity index (χ3n) is 5.80. The first kappa shape index (κ1) is 19.3. The number of aliphatic hydroxyl groups is 1. The fourth-order valence-electron chi connectivity index (χ4n) is 3.97. The third-order valence-corrected chi connectivity index (χ3v) is 5.80. The highest BCUT2D eigenvalue weighted by Crippen LogP contribution is 2.26. The van der Waals surface area contributed by atoms with Gasteiger partial charge in [0, 0.05) is 45.8 Å². The average molecular weight is 360 g/mol. The Balaban J connectivity index is 1.63. The molecule has 2 aliphatic heterocycles. The van der Waals surface area contributed by atoms with E-state index < -0.39 is 5.60 Å². The van der Waals surface area contributed by atoms with E-state index in [-0.39, 0.29) is 5.91 Å². The van der Waals surface area contributed by atoms with Crippen LogP contribution in [0, 0.1) is 0 Å². The number of carbonyl (C=O) groups excluding carboxylic acids is 1. The van der Waals surface area contributed by atoms with Gasteiger partial charge >= 0.3 is 0 Å². The van der Waals surface area contributed by atoms with Crippen molar-refractivity contribution in [2.24, 2.45) is 0 Å². The van der Waals surface area contributed by atoms with Crippen LogP contribution in [0.5, 0.6) is 0 Å². The lowest BCUT2D eigenvalue weighted by Crippen LogP contribution is -2.60. The minimum atomic E-state index is -1.23. The molecule has 1 aromatic carbocycles. The smallest absolute Gasteiger partial charge is 0.256 e. The molecule has 1 N–H and O–H groups in total. The van der Waals surface area contributed by atoms with Crippen molar-refractivity contribution in [3.8, 4) is 0 Å². The van der Waals surface area contributed by atoms with Crippen molar-refractivity contribution in [2.75, 3.05) is 46.3 Å². The van der Waals surface area contributed by atoms with Crippen LogP contribution in [0.15, 0.2) is 24.3 Å².